The minimum absolute atomic E-state index is 0.131. The van der Waals surface area contributed by atoms with Crippen molar-refractivity contribution in [1.82, 2.24) is 14.9 Å². The van der Waals surface area contributed by atoms with Crippen molar-refractivity contribution in [2.75, 3.05) is 24.5 Å². The average Bonchev–Trinajstić information content (AvgIpc) is 2.92. The minimum atomic E-state index is -0.473. The Hall–Kier alpha value is -2.38. The molecule has 2 amide bonds. The summed E-state index contributed by atoms with van der Waals surface area (Å²) in [6, 6.07) is 1.86. The van der Waals surface area contributed by atoms with Crippen LogP contribution < -0.4 is 4.90 Å². The number of cyclic esters (lactones) is 1. The predicted molar refractivity (Wildman–Crippen MR) is 99.6 cm³/mol. The van der Waals surface area contributed by atoms with Gasteiger partial charge in [0.25, 0.3) is 0 Å². The topological polar surface area (TPSA) is 84.9 Å². The summed E-state index contributed by atoms with van der Waals surface area (Å²) < 4.78 is 10.6. The predicted octanol–water partition coefficient (Wildman–Crippen LogP) is 3.01. The van der Waals surface area contributed by atoms with Crippen LogP contribution in [0.1, 0.15) is 46.2 Å². The number of carbonyl (C=O) groups excluding carboxylic acids is 2. The second-order valence-electron chi connectivity index (χ2n) is 8.29. The largest absolute Gasteiger partial charge is 0.444 e. The summed E-state index contributed by atoms with van der Waals surface area (Å²) in [4.78, 5) is 35.9. The third-order valence-electron chi connectivity index (χ3n) is 4.71. The first-order valence-corrected chi connectivity index (χ1v) is 9.48. The van der Waals surface area contributed by atoms with Gasteiger partial charge < -0.3 is 14.4 Å². The number of anilines is 1. The Morgan fingerprint density at radius 3 is 2.59 bits per heavy atom. The normalized spacial score (nSPS) is 21.3. The second kappa shape index (κ2) is 7.70. The maximum atomic E-state index is 12.2. The van der Waals surface area contributed by atoms with E-state index in [2.05, 4.69) is 9.97 Å². The van der Waals surface area contributed by atoms with Crippen LogP contribution >= 0.6 is 0 Å². The Balaban J connectivity index is 1.54. The Bertz CT molecular complexity index is 695. The smallest absolute Gasteiger partial charge is 0.415 e. The van der Waals surface area contributed by atoms with Crippen LogP contribution in [0.5, 0.6) is 0 Å². The van der Waals surface area contributed by atoms with Gasteiger partial charge in [0.15, 0.2) is 0 Å². The molecule has 0 bridgehead atoms. The van der Waals surface area contributed by atoms with Crippen molar-refractivity contribution < 1.29 is 19.1 Å². The molecule has 3 heterocycles. The number of likely N-dealkylation sites (tertiary alicyclic amines) is 1. The molecule has 27 heavy (non-hydrogen) atoms. The second-order valence-corrected chi connectivity index (χ2v) is 8.29. The van der Waals surface area contributed by atoms with Crippen LogP contribution in [0.15, 0.2) is 12.4 Å². The number of ether oxygens (including phenoxy) is 2. The minimum Gasteiger partial charge on any atom is -0.444 e. The molecule has 1 aromatic rings. The van der Waals surface area contributed by atoms with Crippen molar-refractivity contribution in [3.8, 4) is 0 Å². The molecule has 148 valence electrons. The highest BCUT2D eigenvalue weighted by Crippen LogP contribution is 2.25. The fourth-order valence-electron chi connectivity index (χ4n) is 3.38. The van der Waals surface area contributed by atoms with Gasteiger partial charge in [0.1, 0.15) is 23.9 Å². The third-order valence-corrected chi connectivity index (χ3v) is 4.71. The maximum Gasteiger partial charge on any atom is 0.415 e. The molecular weight excluding hydrogens is 348 g/mol. The first-order chi connectivity index (χ1) is 12.7. The summed E-state index contributed by atoms with van der Waals surface area (Å²) >= 11 is 0. The number of hydrogen-bond acceptors (Lipinski definition) is 6. The van der Waals surface area contributed by atoms with Gasteiger partial charge in [0.2, 0.25) is 0 Å². The molecule has 1 atom stereocenters. The van der Waals surface area contributed by atoms with Gasteiger partial charge in [0.05, 0.1) is 6.54 Å². The molecule has 1 aromatic heterocycles. The number of piperidine rings is 1. The lowest BCUT2D eigenvalue weighted by Gasteiger charge is -2.33. The van der Waals surface area contributed by atoms with Crippen molar-refractivity contribution in [3.63, 3.8) is 0 Å². The lowest BCUT2D eigenvalue weighted by Crippen LogP contribution is -2.42. The van der Waals surface area contributed by atoms with Gasteiger partial charge in [-0.1, -0.05) is 0 Å². The Morgan fingerprint density at radius 1 is 1.30 bits per heavy atom. The molecular formula is C19H28N4O4. The molecule has 8 heteroatoms. The summed E-state index contributed by atoms with van der Waals surface area (Å²) in [5, 5.41) is 0. The van der Waals surface area contributed by atoms with Gasteiger partial charge in [-0.3, -0.25) is 4.90 Å². The number of nitrogens with zero attached hydrogens (tertiary/aromatic N) is 4. The first-order valence-electron chi connectivity index (χ1n) is 9.48. The van der Waals surface area contributed by atoms with E-state index in [1.165, 1.54) is 6.33 Å². The van der Waals surface area contributed by atoms with E-state index in [-0.39, 0.29) is 18.3 Å². The number of amides is 2. The summed E-state index contributed by atoms with van der Waals surface area (Å²) in [6.45, 7) is 9.37. The van der Waals surface area contributed by atoms with Crippen LogP contribution in [0.3, 0.4) is 0 Å². The van der Waals surface area contributed by atoms with E-state index in [0.29, 0.717) is 31.4 Å². The van der Waals surface area contributed by atoms with Crippen molar-refractivity contribution in [2.45, 2.75) is 58.7 Å². The van der Waals surface area contributed by atoms with Gasteiger partial charge in [-0.25, -0.2) is 19.6 Å². The van der Waals surface area contributed by atoms with E-state index in [4.69, 9.17) is 9.47 Å². The molecule has 0 N–H and O–H groups in total. The van der Waals surface area contributed by atoms with E-state index in [1.54, 1.807) is 9.80 Å². The van der Waals surface area contributed by atoms with Gasteiger partial charge in [-0.2, -0.15) is 0 Å². The van der Waals surface area contributed by atoms with Gasteiger partial charge >= 0.3 is 12.2 Å². The zero-order valence-corrected chi connectivity index (χ0v) is 16.5. The van der Waals surface area contributed by atoms with Crippen LogP contribution in [0, 0.1) is 5.92 Å². The molecule has 0 radical (unpaired) electrons. The maximum absolute atomic E-state index is 12.2. The van der Waals surface area contributed by atoms with Gasteiger partial charge in [0, 0.05) is 24.8 Å². The van der Waals surface area contributed by atoms with Crippen molar-refractivity contribution in [1.29, 1.82) is 0 Å². The summed E-state index contributed by atoms with van der Waals surface area (Å²) in [5.41, 5.74) is 0.433. The Morgan fingerprint density at radius 2 is 2.00 bits per heavy atom. The molecule has 0 aliphatic carbocycles. The molecule has 3 rings (SSSR count). The fourth-order valence-corrected chi connectivity index (χ4v) is 3.38. The zero-order chi connectivity index (χ0) is 19.6. The molecule has 8 nitrogen and oxygen atoms in total. The lowest BCUT2D eigenvalue weighted by atomic mass is 9.92. The van der Waals surface area contributed by atoms with Crippen LogP contribution in [0.2, 0.25) is 0 Å². The zero-order valence-electron chi connectivity index (χ0n) is 16.5. The number of carbonyl (C=O) groups is 2. The highest BCUT2D eigenvalue weighted by atomic mass is 16.6. The molecule has 2 aliphatic heterocycles. The van der Waals surface area contributed by atoms with Crippen LogP contribution in [0.4, 0.5) is 15.4 Å². The number of rotatable bonds is 3. The molecule has 1 unspecified atom stereocenters. The third kappa shape index (κ3) is 5.08. The monoisotopic (exact) mass is 376 g/mol. The molecule has 2 fully saturated rings. The van der Waals surface area contributed by atoms with Gasteiger partial charge in [-0.05, 0) is 52.9 Å². The average molecular weight is 376 g/mol. The summed E-state index contributed by atoms with van der Waals surface area (Å²) in [5.74, 6) is 1.02. The number of aromatic nitrogens is 2. The highest BCUT2D eigenvalue weighted by molar-refractivity contribution is 5.88. The highest BCUT2D eigenvalue weighted by Gasteiger charge is 2.31. The Kier molecular flexibility index (Phi) is 5.53. The molecule has 0 aromatic carbocycles. The lowest BCUT2D eigenvalue weighted by molar-refractivity contribution is 0.0184. The van der Waals surface area contributed by atoms with Crippen LogP contribution in [-0.4, -0.2) is 58.4 Å². The first kappa shape index (κ1) is 19.4. The van der Waals surface area contributed by atoms with Gasteiger partial charge in [-0.15, -0.1) is 0 Å². The van der Waals surface area contributed by atoms with E-state index >= 15 is 0 Å². The van der Waals surface area contributed by atoms with Crippen LogP contribution in [0.25, 0.3) is 0 Å². The van der Waals surface area contributed by atoms with Crippen molar-refractivity contribution >= 4 is 18.0 Å². The van der Waals surface area contributed by atoms with Crippen molar-refractivity contribution in [2.24, 2.45) is 5.92 Å². The fraction of sp³-hybridized carbons (Fsp3) is 0.684. The SMILES string of the molecule is CC1CN(c2cc(CC3CCN(C(=O)OC(C)(C)C)CC3)ncn2)C(=O)O1. The molecule has 0 spiro atoms. The van der Waals surface area contributed by atoms with E-state index in [9.17, 15) is 9.59 Å². The summed E-state index contributed by atoms with van der Waals surface area (Å²) in [7, 11) is 0. The molecule has 2 saturated heterocycles. The number of hydrogen-bond donors (Lipinski definition) is 0. The van der Waals surface area contributed by atoms with E-state index in [1.807, 2.05) is 33.8 Å². The van der Waals surface area contributed by atoms with Crippen molar-refractivity contribution in [3.05, 3.63) is 18.1 Å². The quantitative estimate of drug-likeness (QED) is 0.806. The Labute approximate surface area is 159 Å². The van der Waals surface area contributed by atoms with E-state index < -0.39 is 5.60 Å². The van der Waals surface area contributed by atoms with E-state index in [0.717, 1.165) is 25.0 Å². The van der Waals surface area contributed by atoms with Crippen LogP contribution in [-0.2, 0) is 15.9 Å². The molecule has 0 saturated carbocycles. The molecule has 2 aliphatic rings. The summed E-state index contributed by atoms with van der Waals surface area (Å²) in [6.07, 6.45) is 3.37. The standard InChI is InChI=1S/C19H28N4O4/c1-13-11-23(18(25)26-13)16-10-15(20-12-21-16)9-14-5-7-22(8-6-14)17(24)27-19(2,3)4/h10,12-14H,5-9,11H2,1-4H3.